The van der Waals surface area contributed by atoms with Crippen molar-refractivity contribution >= 4 is 5.69 Å². The lowest BCUT2D eigenvalue weighted by molar-refractivity contribution is -0.385. The molecule has 72 valence electrons. The number of nitro benzene ring substituents is 1. The van der Waals surface area contributed by atoms with E-state index in [2.05, 4.69) is 0 Å². The molecular formula is C8H4F2N2O2. The summed E-state index contributed by atoms with van der Waals surface area (Å²) in [5, 5.41) is 18.4. The minimum atomic E-state index is -1.07. The Balaban J connectivity index is 3.26. The van der Waals surface area contributed by atoms with Gasteiger partial charge in [0.25, 0.3) is 5.69 Å². The van der Waals surface area contributed by atoms with Crippen LogP contribution in [0.5, 0.6) is 0 Å². The van der Waals surface area contributed by atoms with E-state index in [0.717, 1.165) is 0 Å². The lowest BCUT2D eigenvalue weighted by atomic mass is 10.1. The maximum Gasteiger partial charge on any atom is 0.275 e. The number of benzene rings is 1. The zero-order valence-electron chi connectivity index (χ0n) is 6.83. The summed E-state index contributed by atoms with van der Waals surface area (Å²) in [6, 6.07) is 2.75. The summed E-state index contributed by atoms with van der Waals surface area (Å²) < 4.78 is 25.9. The lowest BCUT2D eigenvalue weighted by Gasteiger charge is -1.99. The maximum absolute atomic E-state index is 13.0. The highest BCUT2D eigenvalue weighted by Gasteiger charge is 2.16. The SMILES string of the molecule is N#CCc1c(F)cc([N+](=O)[O-])cc1F. The second-order valence-electron chi connectivity index (χ2n) is 2.48. The number of hydrogen-bond acceptors (Lipinski definition) is 3. The molecule has 6 heteroatoms. The van der Waals surface area contributed by atoms with Crippen molar-refractivity contribution in [1.82, 2.24) is 0 Å². The molecule has 1 rings (SSSR count). The van der Waals surface area contributed by atoms with Gasteiger partial charge in [-0.2, -0.15) is 5.26 Å². The van der Waals surface area contributed by atoms with E-state index in [1.165, 1.54) is 0 Å². The molecule has 0 aliphatic heterocycles. The topological polar surface area (TPSA) is 66.9 Å². The van der Waals surface area contributed by atoms with Crippen molar-refractivity contribution in [3.63, 3.8) is 0 Å². The molecule has 0 aromatic heterocycles. The molecule has 0 amide bonds. The van der Waals surface area contributed by atoms with Crippen LogP contribution < -0.4 is 0 Å². The predicted octanol–water partition coefficient (Wildman–Crippen LogP) is 1.94. The Hall–Kier alpha value is -2.03. The van der Waals surface area contributed by atoms with Gasteiger partial charge in [0, 0.05) is 5.56 Å². The molecule has 0 saturated carbocycles. The third kappa shape index (κ3) is 1.82. The highest BCUT2D eigenvalue weighted by molar-refractivity contribution is 5.36. The van der Waals surface area contributed by atoms with E-state index in [4.69, 9.17) is 5.26 Å². The van der Waals surface area contributed by atoms with E-state index in [1.807, 2.05) is 0 Å². The second kappa shape index (κ2) is 3.79. The normalized spacial score (nSPS) is 9.50. The number of halogens is 2. The zero-order chi connectivity index (χ0) is 10.7. The molecule has 1 aromatic carbocycles. The fraction of sp³-hybridized carbons (Fsp3) is 0.125. The molecule has 0 unspecified atom stereocenters. The minimum absolute atomic E-state index is 0.446. The summed E-state index contributed by atoms with van der Waals surface area (Å²) in [5.41, 5.74) is -1.11. The summed E-state index contributed by atoms with van der Waals surface area (Å²) in [6.07, 6.45) is -0.449. The van der Waals surface area contributed by atoms with Crippen molar-refractivity contribution in [1.29, 1.82) is 5.26 Å². The monoisotopic (exact) mass is 198 g/mol. The Morgan fingerprint density at radius 3 is 2.29 bits per heavy atom. The third-order valence-corrected chi connectivity index (χ3v) is 1.59. The first kappa shape index (κ1) is 10.1. The number of hydrogen-bond donors (Lipinski definition) is 0. The lowest BCUT2D eigenvalue weighted by Crippen LogP contribution is -1.97. The van der Waals surface area contributed by atoms with Gasteiger partial charge in [-0.15, -0.1) is 0 Å². The first-order valence-corrected chi connectivity index (χ1v) is 3.55. The van der Waals surface area contributed by atoms with E-state index in [1.54, 1.807) is 6.07 Å². The van der Waals surface area contributed by atoms with Crippen LogP contribution in [0.15, 0.2) is 12.1 Å². The molecule has 0 fully saturated rings. The van der Waals surface area contributed by atoms with Crippen molar-refractivity contribution in [2.24, 2.45) is 0 Å². The van der Waals surface area contributed by atoms with Gasteiger partial charge in [-0.05, 0) is 0 Å². The molecule has 0 aliphatic rings. The van der Waals surface area contributed by atoms with Crippen LogP contribution in [0, 0.1) is 33.1 Å². The first-order valence-electron chi connectivity index (χ1n) is 3.55. The highest BCUT2D eigenvalue weighted by atomic mass is 19.1. The molecule has 0 spiro atoms. The Bertz CT molecular complexity index is 403. The van der Waals surface area contributed by atoms with Crippen molar-refractivity contribution < 1.29 is 13.7 Å². The van der Waals surface area contributed by atoms with Crippen LogP contribution in [0.1, 0.15) is 5.56 Å². The van der Waals surface area contributed by atoms with Crippen molar-refractivity contribution in [3.8, 4) is 6.07 Å². The van der Waals surface area contributed by atoms with Gasteiger partial charge >= 0.3 is 0 Å². The average Bonchev–Trinajstić information content (AvgIpc) is 2.10. The van der Waals surface area contributed by atoms with Crippen molar-refractivity contribution in [2.45, 2.75) is 6.42 Å². The molecular weight excluding hydrogens is 194 g/mol. The van der Waals surface area contributed by atoms with Gasteiger partial charge in [0.1, 0.15) is 11.6 Å². The Labute approximate surface area is 77.5 Å². The van der Waals surface area contributed by atoms with E-state index in [-0.39, 0.29) is 0 Å². The maximum atomic E-state index is 13.0. The van der Waals surface area contributed by atoms with E-state index in [9.17, 15) is 18.9 Å². The fourth-order valence-corrected chi connectivity index (χ4v) is 0.943. The van der Waals surface area contributed by atoms with Gasteiger partial charge in [-0.3, -0.25) is 10.1 Å². The predicted molar refractivity (Wildman–Crippen MR) is 42.3 cm³/mol. The summed E-state index contributed by atoms with van der Waals surface area (Å²) in [7, 11) is 0. The van der Waals surface area contributed by atoms with Crippen LogP contribution in [-0.2, 0) is 6.42 Å². The van der Waals surface area contributed by atoms with Crippen LogP contribution in [0.2, 0.25) is 0 Å². The van der Waals surface area contributed by atoms with Gasteiger partial charge in [-0.25, -0.2) is 8.78 Å². The molecule has 1 aromatic rings. The smallest absolute Gasteiger partial charge is 0.258 e. The van der Waals surface area contributed by atoms with E-state index >= 15 is 0 Å². The van der Waals surface area contributed by atoms with Crippen molar-refractivity contribution in [2.75, 3.05) is 0 Å². The number of nitro groups is 1. The molecule has 0 heterocycles. The quantitative estimate of drug-likeness (QED) is 0.538. The van der Waals surface area contributed by atoms with E-state index < -0.39 is 34.2 Å². The number of nitriles is 1. The Morgan fingerprint density at radius 1 is 1.43 bits per heavy atom. The van der Waals surface area contributed by atoms with E-state index in [0.29, 0.717) is 12.1 Å². The Morgan fingerprint density at radius 2 is 1.93 bits per heavy atom. The summed E-state index contributed by atoms with van der Waals surface area (Å²) in [5.74, 6) is -2.14. The molecule has 14 heavy (non-hydrogen) atoms. The second-order valence-corrected chi connectivity index (χ2v) is 2.48. The van der Waals surface area contributed by atoms with Gasteiger partial charge in [0.15, 0.2) is 0 Å². The molecule has 0 atom stereocenters. The molecule has 0 saturated heterocycles. The average molecular weight is 198 g/mol. The number of rotatable bonds is 2. The third-order valence-electron chi connectivity index (χ3n) is 1.59. The molecule has 0 radical (unpaired) electrons. The number of nitrogens with zero attached hydrogens (tertiary/aromatic N) is 2. The molecule has 0 N–H and O–H groups in total. The summed E-state index contributed by atoms with van der Waals surface area (Å²) in [4.78, 5) is 9.28. The van der Waals surface area contributed by atoms with Crippen LogP contribution in [0.3, 0.4) is 0 Å². The standard InChI is InChI=1S/C8H4F2N2O2/c9-7-3-5(12(13)14)4-8(10)6(7)1-2-11/h3-4H,1H2. The van der Waals surface area contributed by atoms with Gasteiger partial charge in [0.05, 0.1) is 29.5 Å². The number of non-ortho nitro benzene ring substituents is 1. The highest BCUT2D eigenvalue weighted by Crippen LogP contribution is 2.20. The van der Waals surface area contributed by atoms with Crippen molar-refractivity contribution in [3.05, 3.63) is 39.4 Å². The van der Waals surface area contributed by atoms with Gasteiger partial charge in [-0.1, -0.05) is 0 Å². The van der Waals surface area contributed by atoms with Crippen LogP contribution in [0.25, 0.3) is 0 Å². The first-order chi connectivity index (χ1) is 6.56. The van der Waals surface area contributed by atoms with Crippen LogP contribution >= 0.6 is 0 Å². The molecule has 0 bridgehead atoms. The van der Waals surface area contributed by atoms with Gasteiger partial charge in [0.2, 0.25) is 0 Å². The molecule has 0 aliphatic carbocycles. The van der Waals surface area contributed by atoms with Gasteiger partial charge < -0.3 is 0 Å². The summed E-state index contributed by atoms with van der Waals surface area (Å²) in [6.45, 7) is 0. The Kier molecular flexibility index (Phi) is 2.72. The zero-order valence-corrected chi connectivity index (χ0v) is 6.83. The fourth-order valence-electron chi connectivity index (χ4n) is 0.943. The summed E-state index contributed by atoms with van der Waals surface area (Å²) >= 11 is 0. The van der Waals surface area contributed by atoms with Crippen LogP contribution in [-0.4, -0.2) is 4.92 Å². The molecule has 4 nitrogen and oxygen atoms in total. The minimum Gasteiger partial charge on any atom is -0.258 e. The largest absolute Gasteiger partial charge is 0.275 e. The van der Waals surface area contributed by atoms with Crippen LogP contribution in [0.4, 0.5) is 14.5 Å².